The number of carbonyl (C=O) groups is 3. The van der Waals surface area contributed by atoms with E-state index in [0.29, 0.717) is 33.6 Å². The Morgan fingerprint density at radius 1 is 1.05 bits per heavy atom. The van der Waals surface area contributed by atoms with Gasteiger partial charge in [-0.05, 0) is 73.2 Å². The molecule has 1 aliphatic carbocycles. The topological polar surface area (TPSA) is 134 Å². The molecule has 1 aromatic carbocycles. The minimum atomic E-state index is -2.03. The summed E-state index contributed by atoms with van der Waals surface area (Å²) in [6.07, 6.45) is 13.3. The number of esters is 1. The number of ketones is 1. The summed E-state index contributed by atoms with van der Waals surface area (Å²) >= 11 is 1.52. The van der Waals surface area contributed by atoms with Gasteiger partial charge in [-0.1, -0.05) is 109 Å². The second-order valence-corrected chi connectivity index (χ2v) is 24.5. The molecule has 3 aromatic rings. The molecule has 62 heavy (non-hydrogen) atoms. The van der Waals surface area contributed by atoms with Crippen molar-refractivity contribution in [2.45, 2.75) is 143 Å². The third-order valence-electron chi connectivity index (χ3n) is 13.1. The molecule has 0 saturated carbocycles. The molecule has 1 saturated heterocycles. The van der Waals surface area contributed by atoms with Crippen LogP contribution >= 0.6 is 19.0 Å². The Labute approximate surface area is 378 Å². The molecule has 340 valence electrons. The number of fused-ring (bicyclic) bond motifs is 1. The van der Waals surface area contributed by atoms with Gasteiger partial charge in [-0.15, -0.1) is 5.10 Å². The van der Waals surface area contributed by atoms with E-state index in [1.165, 1.54) is 17.1 Å². The van der Waals surface area contributed by atoms with Crippen molar-refractivity contribution in [2.24, 2.45) is 24.3 Å². The summed E-state index contributed by atoms with van der Waals surface area (Å²) < 4.78 is 15.7. The molecular weight excluding hydrogens is 834 g/mol. The summed E-state index contributed by atoms with van der Waals surface area (Å²) in [6.45, 7) is 23.9. The summed E-state index contributed by atoms with van der Waals surface area (Å²) in [5.74, 6) is -0.670. The highest BCUT2D eigenvalue weighted by molar-refractivity contribution is 7.99. The first-order valence-electron chi connectivity index (χ1n) is 22.7. The maximum absolute atomic E-state index is 15.8. The first-order chi connectivity index (χ1) is 29.4. The van der Waals surface area contributed by atoms with Gasteiger partial charge in [0, 0.05) is 43.3 Å². The first kappa shape index (κ1) is 49.6. The highest BCUT2D eigenvalue weighted by atomic mass is 32.2. The van der Waals surface area contributed by atoms with E-state index in [2.05, 4.69) is 102 Å². The van der Waals surface area contributed by atoms with Crippen LogP contribution in [0.1, 0.15) is 123 Å². The van der Waals surface area contributed by atoms with Gasteiger partial charge in [-0.3, -0.25) is 19.1 Å². The Morgan fingerprint density at radius 3 is 2.26 bits per heavy atom. The highest BCUT2D eigenvalue weighted by Crippen LogP contribution is 2.73. The van der Waals surface area contributed by atoms with E-state index < -0.39 is 30.4 Å². The number of thioether (sulfide) groups is 1. The lowest BCUT2D eigenvalue weighted by Crippen LogP contribution is -2.74. The number of β-lactam (4-membered cyclic amide) rings is 1. The van der Waals surface area contributed by atoms with E-state index in [0.717, 1.165) is 73.1 Å². The quantitative estimate of drug-likeness (QED) is 0.0176. The van der Waals surface area contributed by atoms with Crippen molar-refractivity contribution in [2.75, 3.05) is 30.8 Å². The largest absolute Gasteiger partial charge is 0.461 e. The fraction of sp³-hybridized carbons (Fsp3) is 0.638. The third-order valence-corrected chi connectivity index (χ3v) is 20.3. The third kappa shape index (κ3) is 10.4. The van der Waals surface area contributed by atoms with Crippen molar-refractivity contribution in [1.29, 1.82) is 0 Å². The SMILES string of the molecule is C=CCOC(=O)CC1(N2C(=O)[C@@H]([C@H](C(C)(C)C)C(C)(C)O[SiH3])[C@H]2CC(=O)c2cc(C)n(CCSc3nnnn3C)n2)C=c2ccccc2=C1[P+](CCCC)(CCCC)CCCC. The van der Waals surface area contributed by atoms with Gasteiger partial charge in [0.1, 0.15) is 33.6 Å². The number of nitrogens with zero attached hydrogens (tertiary/aromatic N) is 7. The first-order valence-corrected chi connectivity index (χ1v) is 26.9. The Morgan fingerprint density at radius 2 is 1.69 bits per heavy atom. The smallest absolute Gasteiger partial charge is 0.309 e. The number of unbranched alkanes of at least 4 members (excludes halogenated alkanes) is 3. The minimum Gasteiger partial charge on any atom is -0.461 e. The van der Waals surface area contributed by atoms with Gasteiger partial charge in [0.2, 0.25) is 11.1 Å². The van der Waals surface area contributed by atoms with E-state index in [9.17, 15) is 9.59 Å². The zero-order valence-corrected chi connectivity index (χ0v) is 43.1. The summed E-state index contributed by atoms with van der Waals surface area (Å²) in [5, 5.41) is 20.7. The van der Waals surface area contributed by atoms with Crippen LogP contribution in [0.5, 0.6) is 0 Å². The lowest BCUT2D eigenvalue weighted by Gasteiger charge is -2.61. The fourth-order valence-corrected chi connectivity index (χ4v) is 17.4. The number of ether oxygens (including phenoxy) is 1. The predicted octanol–water partition coefficient (Wildman–Crippen LogP) is 6.52. The van der Waals surface area contributed by atoms with Gasteiger partial charge < -0.3 is 14.1 Å². The number of Topliss-reactive ketones (excluding diaryl/α,β-unsaturated/α-hetero) is 1. The molecule has 1 aliphatic heterocycles. The number of aryl methyl sites for hydroxylation is 3. The molecule has 1 unspecified atom stereocenters. The summed E-state index contributed by atoms with van der Waals surface area (Å²) in [7, 11) is 0.261. The molecule has 15 heteroatoms. The maximum atomic E-state index is 15.8. The molecule has 0 radical (unpaired) electrons. The Bertz CT molecular complexity index is 2160. The van der Waals surface area contributed by atoms with Gasteiger partial charge in [0.15, 0.2) is 5.78 Å². The van der Waals surface area contributed by atoms with E-state index in [4.69, 9.17) is 14.3 Å². The molecule has 1 fully saturated rings. The van der Waals surface area contributed by atoms with Crippen LogP contribution in [0, 0.1) is 24.2 Å². The Balaban J connectivity index is 1.72. The molecule has 2 aliphatic rings. The Kier molecular flexibility index (Phi) is 16.8. The number of tetrazole rings is 1. The lowest BCUT2D eigenvalue weighted by molar-refractivity contribution is -0.182. The molecule has 3 heterocycles. The summed E-state index contributed by atoms with van der Waals surface area (Å²) in [5.41, 5.74) is -0.901. The molecule has 0 spiro atoms. The number of hydrogen-bond donors (Lipinski definition) is 0. The number of aromatic nitrogens is 6. The summed E-state index contributed by atoms with van der Waals surface area (Å²) in [4.78, 5) is 47.1. The number of amides is 1. The zero-order chi connectivity index (χ0) is 45.5. The van der Waals surface area contributed by atoms with Crippen molar-refractivity contribution < 1.29 is 23.5 Å². The minimum absolute atomic E-state index is 0.0344. The molecule has 0 N–H and O–H groups in total. The number of likely N-dealkylation sites (tertiary alicyclic amines) is 1. The van der Waals surface area contributed by atoms with Crippen LogP contribution in [-0.2, 0) is 32.3 Å². The second kappa shape index (κ2) is 21.0. The zero-order valence-electron chi connectivity index (χ0n) is 39.4. The van der Waals surface area contributed by atoms with Crippen molar-refractivity contribution in [3.8, 4) is 0 Å². The average Bonchev–Trinajstić information content (AvgIpc) is 3.92. The molecule has 12 nitrogen and oxygen atoms in total. The normalized spacial score (nSPS) is 19.6. The van der Waals surface area contributed by atoms with Gasteiger partial charge in [-0.2, -0.15) is 5.10 Å². The van der Waals surface area contributed by atoms with Crippen LogP contribution < -0.4 is 10.4 Å². The van der Waals surface area contributed by atoms with Crippen molar-refractivity contribution in [3.05, 3.63) is 64.8 Å². The fourth-order valence-electron chi connectivity index (χ4n) is 10.5. The van der Waals surface area contributed by atoms with Crippen LogP contribution in [0.3, 0.4) is 0 Å². The molecule has 2 aromatic heterocycles. The molecule has 4 atom stereocenters. The van der Waals surface area contributed by atoms with E-state index in [-0.39, 0.29) is 48.4 Å². The average molecular weight is 907 g/mol. The molecule has 0 bridgehead atoms. The maximum Gasteiger partial charge on any atom is 0.309 e. The van der Waals surface area contributed by atoms with Crippen molar-refractivity contribution in [1.82, 2.24) is 34.9 Å². The number of benzene rings is 1. The van der Waals surface area contributed by atoms with Crippen LogP contribution in [0.4, 0.5) is 0 Å². The standard InChI is InChI=1S/C47H73N7O5PSSi/c1-12-16-25-60(26-17-13-2,27-18-14-3)42-35-22-20-19-21-34(35)31-47(42,32-39(56)58-24-15-4)54-37(40(43(54)57)41(45(6,7)8)46(9,10)59-62)30-38(55)36-29-33(5)53(49-36)23-28-61-44-48-50-51-52(44)11/h15,19-22,29,31,37,40-41H,4,12-14,16-18,23-28,30,32H2,1-3,5-11,62H3/q+1/t37-,40-,41-,47?/m1/s1. The van der Waals surface area contributed by atoms with E-state index in [1.54, 1.807) is 17.8 Å². The molecular formula is C47H73N7O5PSSi+. The van der Waals surface area contributed by atoms with E-state index in [1.807, 2.05) is 28.6 Å². The molecule has 5 rings (SSSR count). The van der Waals surface area contributed by atoms with Crippen LogP contribution in [0.15, 0.2) is 48.1 Å². The van der Waals surface area contributed by atoms with Crippen LogP contribution in [0.2, 0.25) is 0 Å². The number of rotatable bonds is 25. The lowest BCUT2D eigenvalue weighted by atomic mass is 9.58. The number of carbonyl (C=O) groups excluding carboxylic acids is 3. The second-order valence-electron chi connectivity index (χ2n) is 18.9. The predicted molar refractivity (Wildman–Crippen MR) is 256 cm³/mol. The van der Waals surface area contributed by atoms with Crippen LogP contribution in [-0.4, -0.2) is 111 Å². The summed E-state index contributed by atoms with van der Waals surface area (Å²) in [6, 6.07) is 9.80. The van der Waals surface area contributed by atoms with Crippen molar-refractivity contribution in [3.63, 3.8) is 0 Å². The van der Waals surface area contributed by atoms with Gasteiger partial charge in [0.25, 0.3) is 0 Å². The van der Waals surface area contributed by atoms with Crippen LogP contribution in [0.25, 0.3) is 11.4 Å². The van der Waals surface area contributed by atoms with Crippen molar-refractivity contribution >= 4 is 58.6 Å². The Hall–Kier alpha value is -3.45. The monoisotopic (exact) mass is 906 g/mol. The number of hydrogen-bond acceptors (Lipinski definition) is 10. The highest BCUT2D eigenvalue weighted by Gasteiger charge is 2.67. The van der Waals surface area contributed by atoms with E-state index >= 15 is 4.79 Å². The van der Waals surface area contributed by atoms with Gasteiger partial charge >= 0.3 is 5.97 Å². The van der Waals surface area contributed by atoms with Gasteiger partial charge in [0.05, 0.1) is 49.0 Å². The van der Waals surface area contributed by atoms with Gasteiger partial charge in [-0.25, -0.2) is 4.68 Å². The molecule has 1 amide bonds.